The molecular weight excluding hydrogens is 422 g/mol. The van der Waals surface area contributed by atoms with Crippen LogP contribution in [0.5, 0.6) is 5.75 Å². The fraction of sp³-hybridized carbons (Fsp3) is 0.292. The number of amides is 1. The van der Waals surface area contributed by atoms with Gasteiger partial charge in [0.15, 0.2) is 5.75 Å². The third-order valence-electron chi connectivity index (χ3n) is 5.76. The van der Waals surface area contributed by atoms with Gasteiger partial charge in [0.25, 0.3) is 17.0 Å². The van der Waals surface area contributed by atoms with Gasteiger partial charge in [-0.2, -0.15) is 0 Å². The quantitative estimate of drug-likeness (QED) is 0.430. The number of phenolic OH excluding ortho intramolecular Hbond substituents is 1. The largest absolute Gasteiger partial charge is 0.505 e. The third kappa shape index (κ3) is 4.48. The summed E-state index contributed by atoms with van der Waals surface area (Å²) in [6.07, 6.45) is 3.90. The van der Waals surface area contributed by atoms with Crippen LogP contribution in [0.2, 0.25) is 0 Å². The molecule has 1 heterocycles. The van der Waals surface area contributed by atoms with Gasteiger partial charge in [0.2, 0.25) is 0 Å². The lowest BCUT2D eigenvalue weighted by Gasteiger charge is -2.19. The first-order valence-corrected chi connectivity index (χ1v) is 10.9. The fourth-order valence-corrected chi connectivity index (χ4v) is 4.02. The Bertz CT molecular complexity index is 1270. The van der Waals surface area contributed by atoms with Crippen LogP contribution in [0, 0.1) is 0 Å². The predicted molar refractivity (Wildman–Crippen MR) is 128 cm³/mol. The molecule has 0 bridgehead atoms. The highest BCUT2D eigenvalue weighted by Gasteiger charge is 2.23. The molecule has 4 rings (SSSR count). The lowest BCUT2D eigenvalue weighted by Crippen LogP contribution is -2.34. The number of carbonyl (C=O) groups excluding carboxylic acids is 1. The molecule has 0 radical (unpaired) electrons. The van der Waals surface area contributed by atoms with Gasteiger partial charge >= 0.3 is 0 Å². The molecule has 1 aliphatic carbocycles. The van der Waals surface area contributed by atoms with Crippen LogP contribution in [0.4, 0.5) is 17.1 Å². The summed E-state index contributed by atoms with van der Waals surface area (Å²) in [4.78, 5) is 40.3. The normalized spacial score (nSPS) is 13.6. The van der Waals surface area contributed by atoms with Gasteiger partial charge in [-0.25, -0.2) is 4.68 Å². The second-order valence-corrected chi connectivity index (χ2v) is 8.32. The molecule has 0 unspecified atom stereocenters. The van der Waals surface area contributed by atoms with Crippen molar-refractivity contribution in [3.63, 3.8) is 0 Å². The molecule has 33 heavy (non-hydrogen) atoms. The number of hydrogen-bond acceptors (Lipinski definition) is 6. The lowest BCUT2D eigenvalue weighted by molar-refractivity contribution is 0.0824. The summed E-state index contributed by atoms with van der Waals surface area (Å²) in [6, 6.07) is 13.5. The van der Waals surface area contributed by atoms with Crippen LogP contribution in [0.15, 0.2) is 58.1 Å². The monoisotopic (exact) mass is 449 g/mol. The van der Waals surface area contributed by atoms with E-state index in [9.17, 15) is 19.5 Å². The van der Waals surface area contributed by atoms with Crippen LogP contribution in [-0.4, -0.2) is 45.8 Å². The number of anilines is 3. The van der Waals surface area contributed by atoms with Crippen LogP contribution in [0.25, 0.3) is 5.69 Å². The van der Waals surface area contributed by atoms with E-state index in [1.165, 1.54) is 11.0 Å². The highest BCUT2D eigenvalue weighted by atomic mass is 16.3. The van der Waals surface area contributed by atoms with E-state index < -0.39 is 11.1 Å². The van der Waals surface area contributed by atoms with Crippen LogP contribution in [0.1, 0.15) is 36.0 Å². The van der Waals surface area contributed by atoms with Gasteiger partial charge in [-0.05, 0) is 37.1 Å². The highest BCUT2D eigenvalue weighted by molar-refractivity contribution is 5.98. The number of aromatic amines is 1. The van der Waals surface area contributed by atoms with E-state index in [-0.39, 0.29) is 40.3 Å². The molecule has 2 aromatic carbocycles. The maximum atomic E-state index is 13.5. The van der Waals surface area contributed by atoms with Crippen molar-refractivity contribution in [3.05, 3.63) is 74.8 Å². The van der Waals surface area contributed by atoms with Gasteiger partial charge in [-0.3, -0.25) is 19.5 Å². The van der Waals surface area contributed by atoms with E-state index in [0.717, 1.165) is 30.4 Å². The van der Waals surface area contributed by atoms with Gasteiger partial charge in [0.05, 0.1) is 16.9 Å². The number of aromatic hydroxyl groups is 1. The van der Waals surface area contributed by atoms with Gasteiger partial charge < -0.3 is 20.6 Å². The number of para-hydroxylation sites is 2. The summed E-state index contributed by atoms with van der Waals surface area (Å²) >= 11 is 0. The molecule has 4 N–H and O–H groups in total. The first-order chi connectivity index (χ1) is 15.9. The summed E-state index contributed by atoms with van der Waals surface area (Å²) in [5, 5.41) is 19.6. The van der Waals surface area contributed by atoms with Crippen molar-refractivity contribution in [1.29, 1.82) is 0 Å². The Balaban J connectivity index is 1.84. The summed E-state index contributed by atoms with van der Waals surface area (Å²) < 4.78 is 1.16. The van der Waals surface area contributed by atoms with Crippen molar-refractivity contribution in [2.75, 3.05) is 24.7 Å². The molecule has 0 spiro atoms. The van der Waals surface area contributed by atoms with Crippen molar-refractivity contribution >= 4 is 23.0 Å². The van der Waals surface area contributed by atoms with Gasteiger partial charge in [0.1, 0.15) is 11.4 Å². The third-order valence-corrected chi connectivity index (χ3v) is 5.76. The number of aromatic nitrogens is 2. The van der Waals surface area contributed by atoms with E-state index >= 15 is 0 Å². The van der Waals surface area contributed by atoms with Crippen molar-refractivity contribution in [2.45, 2.75) is 31.7 Å². The molecule has 1 amide bonds. The Morgan fingerprint density at radius 1 is 1.03 bits per heavy atom. The summed E-state index contributed by atoms with van der Waals surface area (Å²) in [6.45, 7) is 0. The summed E-state index contributed by atoms with van der Waals surface area (Å²) in [7, 11) is 3.17. The lowest BCUT2D eigenvalue weighted by atomic mass is 10.1. The standard InChI is InChI=1S/C24H27N5O4/c1-28(2)23(32)17-13-8-14-18(21(17)30)26-20-19(25-15-9-6-7-10-15)22(31)27-29(24(20)33)16-11-4-3-5-12-16/h3-5,8,11-15,25-26,30H,6-7,9-10H2,1-2H3,(H,27,31). The minimum absolute atomic E-state index is 0.000690. The number of rotatable bonds is 6. The molecule has 0 atom stereocenters. The molecule has 1 aromatic heterocycles. The fourth-order valence-electron chi connectivity index (χ4n) is 4.02. The average molecular weight is 450 g/mol. The van der Waals surface area contributed by atoms with Crippen LogP contribution in [-0.2, 0) is 0 Å². The van der Waals surface area contributed by atoms with Crippen molar-refractivity contribution in [2.24, 2.45) is 0 Å². The first-order valence-electron chi connectivity index (χ1n) is 10.9. The number of carbonyl (C=O) groups is 1. The Labute approximate surface area is 190 Å². The molecule has 0 saturated heterocycles. The second-order valence-electron chi connectivity index (χ2n) is 8.32. The molecule has 9 nitrogen and oxygen atoms in total. The van der Waals surface area contributed by atoms with E-state index in [1.807, 2.05) is 6.07 Å². The van der Waals surface area contributed by atoms with Gasteiger partial charge in [0, 0.05) is 20.1 Å². The minimum Gasteiger partial charge on any atom is -0.505 e. The van der Waals surface area contributed by atoms with Crippen LogP contribution >= 0.6 is 0 Å². The number of nitrogens with zero attached hydrogens (tertiary/aromatic N) is 2. The van der Waals surface area contributed by atoms with Crippen molar-refractivity contribution in [3.8, 4) is 11.4 Å². The zero-order valence-electron chi connectivity index (χ0n) is 18.6. The zero-order valence-corrected chi connectivity index (χ0v) is 18.6. The molecule has 9 heteroatoms. The number of H-pyrrole nitrogens is 1. The predicted octanol–water partition coefficient (Wildman–Crippen LogP) is 3.03. The maximum absolute atomic E-state index is 13.5. The zero-order chi connectivity index (χ0) is 23.5. The Hall–Kier alpha value is -4.01. The first kappa shape index (κ1) is 22.2. The summed E-state index contributed by atoms with van der Waals surface area (Å²) in [5.74, 6) is -0.679. The summed E-state index contributed by atoms with van der Waals surface area (Å²) in [5.41, 5.74) is -0.112. The second kappa shape index (κ2) is 9.23. The smallest absolute Gasteiger partial charge is 0.295 e. The Morgan fingerprint density at radius 3 is 2.39 bits per heavy atom. The van der Waals surface area contributed by atoms with Crippen molar-refractivity contribution in [1.82, 2.24) is 14.7 Å². The van der Waals surface area contributed by atoms with Crippen LogP contribution < -0.4 is 21.8 Å². The number of benzene rings is 2. The van der Waals surface area contributed by atoms with E-state index in [1.54, 1.807) is 50.5 Å². The Kier molecular flexibility index (Phi) is 6.21. The van der Waals surface area contributed by atoms with Crippen LogP contribution in [0.3, 0.4) is 0 Å². The van der Waals surface area contributed by atoms with E-state index in [4.69, 9.17) is 0 Å². The Morgan fingerprint density at radius 2 is 1.73 bits per heavy atom. The molecule has 1 aliphatic rings. The minimum atomic E-state index is -0.495. The molecule has 3 aromatic rings. The SMILES string of the molecule is CN(C)C(=O)c1cccc(Nc2c(NC3CCCC3)c(=O)[nH]n(-c3ccccc3)c2=O)c1O. The number of nitrogens with one attached hydrogen (secondary N) is 3. The average Bonchev–Trinajstić information content (AvgIpc) is 3.33. The molecule has 172 valence electrons. The van der Waals surface area contributed by atoms with E-state index in [2.05, 4.69) is 15.7 Å². The highest BCUT2D eigenvalue weighted by Crippen LogP contribution is 2.32. The van der Waals surface area contributed by atoms with Gasteiger partial charge in [-0.1, -0.05) is 37.1 Å². The topological polar surface area (TPSA) is 119 Å². The van der Waals surface area contributed by atoms with E-state index in [0.29, 0.717) is 5.69 Å². The van der Waals surface area contributed by atoms with Gasteiger partial charge in [-0.15, -0.1) is 0 Å². The molecule has 0 aliphatic heterocycles. The molecular formula is C24H27N5O4. The number of phenols is 1. The molecule has 1 fully saturated rings. The molecule has 1 saturated carbocycles. The van der Waals surface area contributed by atoms with Crippen molar-refractivity contribution < 1.29 is 9.90 Å². The number of hydrogen-bond donors (Lipinski definition) is 4. The maximum Gasteiger partial charge on any atom is 0.295 e.